The van der Waals surface area contributed by atoms with Gasteiger partial charge in [-0.15, -0.1) is 0 Å². The molecule has 2 rings (SSSR count). The van der Waals surface area contributed by atoms with E-state index < -0.39 is 10.0 Å². The SMILES string of the molecule is COc1ccc(NC(=O)c2ccc(N(C)S(C)(=O)=O)cc2)cc1Cl. The van der Waals surface area contributed by atoms with Crippen LogP contribution in [0.15, 0.2) is 42.5 Å². The maximum absolute atomic E-state index is 12.2. The van der Waals surface area contributed by atoms with Gasteiger partial charge in [-0.1, -0.05) is 11.6 Å². The molecule has 2 aromatic carbocycles. The first-order valence-corrected chi connectivity index (χ1v) is 9.14. The van der Waals surface area contributed by atoms with Crippen LogP contribution in [0.2, 0.25) is 5.02 Å². The highest BCUT2D eigenvalue weighted by Crippen LogP contribution is 2.27. The zero-order valence-corrected chi connectivity index (χ0v) is 15.0. The van der Waals surface area contributed by atoms with Crippen molar-refractivity contribution in [3.8, 4) is 5.75 Å². The smallest absolute Gasteiger partial charge is 0.255 e. The Morgan fingerprint density at radius 3 is 2.29 bits per heavy atom. The molecule has 0 atom stereocenters. The van der Waals surface area contributed by atoms with E-state index in [1.54, 1.807) is 42.5 Å². The normalized spacial score (nSPS) is 11.0. The molecule has 1 N–H and O–H groups in total. The Morgan fingerprint density at radius 1 is 1.17 bits per heavy atom. The summed E-state index contributed by atoms with van der Waals surface area (Å²) in [4.78, 5) is 12.2. The highest BCUT2D eigenvalue weighted by Gasteiger charge is 2.13. The van der Waals surface area contributed by atoms with E-state index in [-0.39, 0.29) is 5.91 Å². The zero-order valence-electron chi connectivity index (χ0n) is 13.4. The van der Waals surface area contributed by atoms with Gasteiger partial charge in [-0.3, -0.25) is 9.10 Å². The fourth-order valence-corrected chi connectivity index (χ4v) is 2.72. The van der Waals surface area contributed by atoms with E-state index in [9.17, 15) is 13.2 Å². The fraction of sp³-hybridized carbons (Fsp3) is 0.188. The summed E-state index contributed by atoms with van der Waals surface area (Å²) < 4.78 is 29.2. The maximum Gasteiger partial charge on any atom is 0.255 e. The van der Waals surface area contributed by atoms with Crippen LogP contribution in [0, 0.1) is 0 Å². The monoisotopic (exact) mass is 368 g/mol. The number of benzene rings is 2. The number of hydrogen-bond donors (Lipinski definition) is 1. The van der Waals surface area contributed by atoms with Crippen LogP contribution in [-0.4, -0.2) is 34.7 Å². The summed E-state index contributed by atoms with van der Waals surface area (Å²) in [6, 6.07) is 11.2. The van der Waals surface area contributed by atoms with Gasteiger partial charge >= 0.3 is 0 Å². The molecule has 0 aromatic heterocycles. The highest BCUT2D eigenvalue weighted by molar-refractivity contribution is 7.92. The molecule has 0 heterocycles. The molecule has 0 unspecified atom stereocenters. The minimum Gasteiger partial charge on any atom is -0.495 e. The van der Waals surface area contributed by atoms with Gasteiger partial charge < -0.3 is 10.1 Å². The first kappa shape index (κ1) is 18.1. The van der Waals surface area contributed by atoms with Crippen molar-refractivity contribution in [3.05, 3.63) is 53.1 Å². The van der Waals surface area contributed by atoms with Crippen LogP contribution in [-0.2, 0) is 10.0 Å². The molecule has 0 bridgehead atoms. The van der Waals surface area contributed by atoms with Crippen molar-refractivity contribution in [1.82, 2.24) is 0 Å². The average Bonchev–Trinajstić information content (AvgIpc) is 2.53. The van der Waals surface area contributed by atoms with Crippen LogP contribution in [0.5, 0.6) is 5.75 Å². The van der Waals surface area contributed by atoms with Gasteiger partial charge in [-0.05, 0) is 42.5 Å². The summed E-state index contributed by atoms with van der Waals surface area (Å²) in [7, 11) is -0.386. The van der Waals surface area contributed by atoms with Crippen molar-refractivity contribution in [2.45, 2.75) is 0 Å². The number of methoxy groups -OCH3 is 1. The Morgan fingerprint density at radius 2 is 1.79 bits per heavy atom. The lowest BCUT2D eigenvalue weighted by Gasteiger charge is -2.16. The molecule has 0 saturated carbocycles. The molecule has 2 aromatic rings. The number of carbonyl (C=O) groups is 1. The number of sulfonamides is 1. The molecule has 8 heteroatoms. The van der Waals surface area contributed by atoms with Crippen molar-refractivity contribution in [2.75, 3.05) is 30.0 Å². The number of amides is 1. The molecule has 24 heavy (non-hydrogen) atoms. The van der Waals surface area contributed by atoms with Gasteiger partial charge in [0.1, 0.15) is 5.75 Å². The van der Waals surface area contributed by atoms with Crippen LogP contribution in [0.25, 0.3) is 0 Å². The van der Waals surface area contributed by atoms with Gasteiger partial charge in [0.25, 0.3) is 5.91 Å². The van der Waals surface area contributed by atoms with Crippen molar-refractivity contribution in [1.29, 1.82) is 0 Å². The Hall–Kier alpha value is -2.25. The summed E-state index contributed by atoms with van der Waals surface area (Å²) in [5, 5.41) is 3.11. The van der Waals surface area contributed by atoms with Gasteiger partial charge in [-0.25, -0.2) is 8.42 Å². The van der Waals surface area contributed by atoms with E-state index in [2.05, 4.69) is 5.32 Å². The number of rotatable bonds is 5. The van der Waals surface area contributed by atoms with Gasteiger partial charge in [-0.2, -0.15) is 0 Å². The molecule has 1 amide bonds. The van der Waals surface area contributed by atoms with Crippen LogP contribution < -0.4 is 14.4 Å². The second kappa shape index (κ2) is 7.11. The van der Waals surface area contributed by atoms with Crippen molar-refractivity contribution >= 4 is 38.9 Å². The van der Waals surface area contributed by atoms with Crippen molar-refractivity contribution < 1.29 is 17.9 Å². The lowest BCUT2D eigenvalue weighted by molar-refractivity contribution is 0.102. The summed E-state index contributed by atoms with van der Waals surface area (Å²) in [6.45, 7) is 0. The second-order valence-corrected chi connectivity index (χ2v) is 7.50. The molecule has 0 aliphatic rings. The Labute approximate surface area is 146 Å². The van der Waals surface area contributed by atoms with Crippen molar-refractivity contribution in [2.24, 2.45) is 0 Å². The molecular weight excluding hydrogens is 352 g/mol. The van der Waals surface area contributed by atoms with Crippen LogP contribution >= 0.6 is 11.6 Å². The third kappa shape index (κ3) is 4.18. The first-order chi connectivity index (χ1) is 11.2. The summed E-state index contributed by atoms with van der Waals surface area (Å²) in [5.41, 5.74) is 1.40. The number of halogens is 1. The van der Waals surface area contributed by atoms with Gasteiger partial charge in [0, 0.05) is 18.3 Å². The Balaban J connectivity index is 2.14. The predicted molar refractivity (Wildman–Crippen MR) is 95.6 cm³/mol. The first-order valence-electron chi connectivity index (χ1n) is 6.91. The third-order valence-corrected chi connectivity index (χ3v) is 4.90. The number of anilines is 2. The Bertz CT molecular complexity index is 851. The number of ether oxygens (including phenoxy) is 1. The molecule has 128 valence electrons. The third-order valence-electron chi connectivity index (χ3n) is 3.40. The van der Waals surface area contributed by atoms with Gasteiger partial charge in [0.15, 0.2) is 0 Å². The van der Waals surface area contributed by atoms with Crippen LogP contribution in [0.4, 0.5) is 11.4 Å². The van der Waals surface area contributed by atoms with Crippen LogP contribution in [0.1, 0.15) is 10.4 Å². The van der Waals surface area contributed by atoms with Gasteiger partial charge in [0.05, 0.1) is 24.1 Å². The predicted octanol–water partition coefficient (Wildman–Crippen LogP) is 3.00. The lowest BCUT2D eigenvalue weighted by Crippen LogP contribution is -2.24. The van der Waals surface area contributed by atoms with E-state index in [1.807, 2.05) is 0 Å². The topological polar surface area (TPSA) is 75.7 Å². The molecule has 0 spiro atoms. The van der Waals surface area contributed by atoms with E-state index in [1.165, 1.54) is 14.2 Å². The number of hydrogen-bond acceptors (Lipinski definition) is 4. The van der Waals surface area contributed by atoms with Crippen LogP contribution in [0.3, 0.4) is 0 Å². The van der Waals surface area contributed by atoms with E-state index in [0.717, 1.165) is 10.6 Å². The number of nitrogens with zero attached hydrogens (tertiary/aromatic N) is 1. The minimum absolute atomic E-state index is 0.329. The lowest BCUT2D eigenvalue weighted by atomic mass is 10.2. The molecule has 0 fully saturated rings. The molecule has 0 aliphatic carbocycles. The van der Waals surface area contributed by atoms with E-state index in [4.69, 9.17) is 16.3 Å². The second-order valence-electron chi connectivity index (χ2n) is 5.08. The zero-order chi connectivity index (χ0) is 17.9. The quantitative estimate of drug-likeness (QED) is 0.880. The molecule has 0 saturated heterocycles. The Kier molecular flexibility index (Phi) is 5.36. The van der Waals surface area contributed by atoms with Crippen molar-refractivity contribution in [3.63, 3.8) is 0 Å². The summed E-state index contributed by atoms with van der Waals surface area (Å²) >= 11 is 6.02. The summed E-state index contributed by atoms with van der Waals surface area (Å²) in [6.07, 6.45) is 1.11. The highest BCUT2D eigenvalue weighted by atomic mass is 35.5. The fourth-order valence-electron chi connectivity index (χ4n) is 1.96. The van der Waals surface area contributed by atoms with E-state index >= 15 is 0 Å². The minimum atomic E-state index is -3.34. The molecule has 6 nitrogen and oxygen atoms in total. The standard InChI is InChI=1S/C16H17ClN2O4S/c1-19(24(3,21)22)13-7-4-11(5-8-13)16(20)18-12-6-9-15(23-2)14(17)10-12/h4-10H,1-3H3,(H,18,20). The maximum atomic E-state index is 12.2. The molecular formula is C16H17ClN2O4S. The largest absolute Gasteiger partial charge is 0.495 e. The van der Waals surface area contributed by atoms with E-state index in [0.29, 0.717) is 27.7 Å². The molecule has 0 radical (unpaired) electrons. The molecule has 0 aliphatic heterocycles. The average molecular weight is 369 g/mol. The number of nitrogens with one attached hydrogen (secondary N) is 1. The van der Waals surface area contributed by atoms with Gasteiger partial charge in [0.2, 0.25) is 10.0 Å². The summed E-state index contributed by atoms with van der Waals surface area (Å²) in [5.74, 6) is 0.188. The number of carbonyl (C=O) groups excluding carboxylic acids is 1.